The fourth-order valence-corrected chi connectivity index (χ4v) is 3.45. The Kier molecular flexibility index (Phi) is 5.36. The van der Waals surface area contributed by atoms with E-state index < -0.39 is 27.3 Å². The lowest BCUT2D eigenvalue weighted by atomic mass is 10.1. The second kappa shape index (κ2) is 7.58. The molecule has 1 heterocycles. The fourth-order valence-electron chi connectivity index (χ4n) is 2.35. The van der Waals surface area contributed by atoms with Crippen molar-refractivity contribution in [2.24, 2.45) is 7.05 Å². The summed E-state index contributed by atoms with van der Waals surface area (Å²) < 4.78 is 40.4. The normalized spacial score (nSPS) is 11.4. The maximum atomic E-state index is 14.3. The predicted molar refractivity (Wildman–Crippen MR) is 99.5 cm³/mol. The van der Waals surface area contributed by atoms with E-state index in [-0.39, 0.29) is 15.7 Å². The van der Waals surface area contributed by atoms with Crippen LogP contribution in [0.15, 0.2) is 53.8 Å². The molecule has 0 aliphatic rings. The number of hydrogen-bond donors (Lipinski definition) is 3. The first-order valence-electron chi connectivity index (χ1n) is 7.76. The van der Waals surface area contributed by atoms with E-state index in [4.69, 9.17) is 11.6 Å². The Morgan fingerprint density at radius 2 is 2.04 bits per heavy atom. The quantitative estimate of drug-likeness (QED) is 0.543. The number of aromatic nitrogens is 2. The highest BCUT2D eigenvalue weighted by Gasteiger charge is 2.21. The molecule has 1 amide bonds. The molecule has 0 bridgehead atoms. The third kappa shape index (κ3) is 4.14. The van der Waals surface area contributed by atoms with Gasteiger partial charge >= 0.3 is 0 Å². The molecule has 3 N–H and O–H groups in total. The SMILES string of the molecule is Cn1cnc(-c2cc(Cl)c(F)c(C(=O)NNS(=O)(=O)c3cccc(O)c3)c2)c1. The first-order chi connectivity index (χ1) is 13.2. The molecular weight excluding hydrogens is 411 g/mol. The number of nitrogens with zero attached hydrogens (tertiary/aromatic N) is 2. The molecule has 0 saturated heterocycles. The summed E-state index contributed by atoms with van der Waals surface area (Å²) in [4.78, 5) is 18.0. The number of imidazole rings is 1. The molecule has 1 aromatic heterocycles. The molecule has 0 unspecified atom stereocenters. The second-order valence-electron chi connectivity index (χ2n) is 5.80. The van der Waals surface area contributed by atoms with Crippen molar-refractivity contribution >= 4 is 27.5 Å². The molecule has 0 fully saturated rings. The first kappa shape index (κ1) is 19.8. The summed E-state index contributed by atoms with van der Waals surface area (Å²) in [5.74, 6) is -2.33. The summed E-state index contributed by atoms with van der Waals surface area (Å²) in [5.41, 5.74) is 2.30. The van der Waals surface area contributed by atoms with E-state index in [0.717, 1.165) is 6.07 Å². The Balaban J connectivity index is 1.85. The van der Waals surface area contributed by atoms with Crippen LogP contribution in [0.25, 0.3) is 11.3 Å². The highest BCUT2D eigenvalue weighted by molar-refractivity contribution is 7.89. The molecule has 0 aliphatic carbocycles. The van der Waals surface area contributed by atoms with Crippen LogP contribution in [0.4, 0.5) is 4.39 Å². The second-order valence-corrected chi connectivity index (χ2v) is 7.89. The topological polar surface area (TPSA) is 113 Å². The van der Waals surface area contributed by atoms with Crippen molar-refractivity contribution in [1.29, 1.82) is 0 Å². The number of nitrogens with one attached hydrogen (secondary N) is 2. The number of halogens is 2. The highest BCUT2D eigenvalue weighted by Crippen LogP contribution is 2.27. The zero-order valence-corrected chi connectivity index (χ0v) is 15.9. The van der Waals surface area contributed by atoms with Gasteiger partial charge in [0.25, 0.3) is 15.9 Å². The van der Waals surface area contributed by atoms with Gasteiger partial charge in [0.2, 0.25) is 0 Å². The lowest BCUT2D eigenvalue weighted by Gasteiger charge is -2.11. The van der Waals surface area contributed by atoms with Crippen molar-refractivity contribution in [3.63, 3.8) is 0 Å². The van der Waals surface area contributed by atoms with Crippen LogP contribution in [0.1, 0.15) is 10.4 Å². The van der Waals surface area contributed by atoms with E-state index in [1.807, 2.05) is 10.3 Å². The standard InChI is InChI=1S/C17H14ClFN4O4S/c1-23-8-15(20-9-23)10-5-13(16(19)14(18)6-10)17(25)21-22-28(26,27)12-4-2-3-11(24)7-12/h2-9,22,24H,1H3,(H,21,25). The lowest BCUT2D eigenvalue weighted by Crippen LogP contribution is -2.41. The minimum absolute atomic E-state index is 0.268. The maximum absolute atomic E-state index is 14.3. The van der Waals surface area contributed by atoms with Crippen LogP contribution in [0, 0.1) is 5.82 Å². The zero-order valence-electron chi connectivity index (χ0n) is 14.3. The number of aryl methyl sites for hydroxylation is 1. The first-order valence-corrected chi connectivity index (χ1v) is 9.62. The monoisotopic (exact) mass is 424 g/mol. The van der Waals surface area contributed by atoms with Gasteiger partial charge in [-0.2, -0.15) is 0 Å². The Morgan fingerprint density at radius 3 is 2.68 bits per heavy atom. The number of hydrazine groups is 1. The third-order valence-electron chi connectivity index (χ3n) is 3.70. The Hall–Kier alpha value is -2.95. The minimum Gasteiger partial charge on any atom is -0.508 e. The van der Waals surface area contributed by atoms with Gasteiger partial charge in [-0.1, -0.05) is 17.7 Å². The van der Waals surface area contributed by atoms with Crippen molar-refractivity contribution in [3.05, 3.63) is 65.3 Å². The van der Waals surface area contributed by atoms with Crippen LogP contribution in [-0.2, 0) is 17.1 Å². The molecular formula is C17H14ClFN4O4S. The predicted octanol–water partition coefficient (Wildman–Crippen LogP) is 2.21. The Labute approximate surface area is 164 Å². The van der Waals surface area contributed by atoms with Gasteiger partial charge in [0.1, 0.15) is 5.75 Å². The molecule has 3 aromatic rings. The van der Waals surface area contributed by atoms with Crippen molar-refractivity contribution in [1.82, 2.24) is 19.8 Å². The van der Waals surface area contributed by atoms with Gasteiger partial charge in [0.15, 0.2) is 5.82 Å². The average Bonchev–Trinajstić information content (AvgIpc) is 3.08. The molecule has 3 rings (SSSR count). The third-order valence-corrected chi connectivity index (χ3v) is 5.22. The number of carbonyl (C=O) groups excluding carboxylic acids is 1. The van der Waals surface area contributed by atoms with E-state index in [1.165, 1.54) is 36.7 Å². The number of phenols is 1. The van der Waals surface area contributed by atoms with Crippen molar-refractivity contribution in [2.45, 2.75) is 4.90 Å². The molecule has 0 saturated carbocycles. The van der Waals surface area contributed by atoms with Crippen molar-refractivity contribution in [3.8, 4) is 17.0 Å². The highest BCUT2D eigenvalue weighted by atomic mass is 35.5. The smallest absolute Gasteiger partial charge is 0.269 e. The molecule has 146 valence electrons. The molecule has 0 atom stereocenters. The average molecular weight is 425 g/mol. The number of benzene rings is 2. The van der Waals surface area contributed by atoms with E-state index in [0.29, 0.717) is 11.3 Å². The van der Waals surface area contributed by atoms with Crippen LogP contribution in [0.2, 0.25) is 5.02 Å². The molecule has 0 spiro atoms. The summed E-state index contributed by atoms with van der Waals surface area (Å²) in [6.45, 7) is 0. The van der Waals surface area contributed by atoms with Crippen LogP contribution in [-0.4, -0.2) is 29.0 Å². The van der Waals surface area contributed by atoms with Crippen LogP contribution < -0.4 is 10.3 Å². The van der Waals surface area contributed by atoms with Crippen molar-refractivity contribution < 1.29 is 22.7 Å². The number of amides is 1. The fraction of sp³-hybridized carbons (Fsp3) is 0.0588. The molecule has 2 aromatic carbocycles. The summed E-state index contributed by atoms with van der Waals surface area (Å²) in [7, 11) is -2.44. The number of hydrogen-bond acceptors (Lipinski definition) is 5. The van der Waals surface area contributed by atoms with Gasteiger partial charge < -0.3 is 9.67 Å². The molecule has 0 radical (unpaired) electrons. The van der Waals surface area contributed by atoms with Gasteiger partial charge in [0.05, 0.1) is 27.5 Å². The zero-order chi connectivity index (χ0) is 20.5. The van der Waals surface area contributed by atoms with Gasteiger partial charge in [-0.25, -0.2) is 17.8 Å². The van der Waals surface area contributed by atoms with E-state index in [2.05, 4.69) is 4.98 Å². The van der Waals surface area contributed by atoms with Crippen molar-refractivity contribution in [2.75, 3.05) is 0 Å². The molecule has 11 heteroatoms. The van der Waals surface area contributed by atoms with Gasteiger partial charge in [-0.15, -0.1) is 4.83 Å². The largest absolute Gasteiger partial charge is 0.508 e. The summed E-state index contributed by atoms with van der Waals surface area (Å²) in [5, 5.41) is 9.07. The summed E-state index contributed by atoms with van der Waals surface area (Å²) in [6, 6.07) is 7.34. The summed E-state index contributed by atoms with van der Waals surface area (Å²) >= 11 is 5.87. The molecule has 8 nitrogen and oxygen atoms in total. The van der Waals surface area contributed by atoms with Crippen LogP contribution in [0.3, 0.4) is 0 Å². The van der Waals surface area contributed by atoms with Crippen LogP contribution >= 0.6 is 11.6 Å². The molecule has 0 aliphatic heterocycles. The lowest BCUT2D eigenvalue weighted by molar-refractivity contribution is 0.0941. The molecule has 28 heavy (non-hydrogen) atoms. The van der Waals surface area contributed by atoms with E-state index >= 15 is 0 Å². The maximum Gasteiger partial charge on any atom is 0.269 e. The Bertz CT molecular complexity index is 1160. The summed E-state index contributed by atoms with van der Waals surface area (Å²) in [6.07, 6.45) is 3.17. The number of sulfonamides is 1. The number of aromatic hydroxyl groups is 1. The van der Waals surface area contributed by atoms with E-state index in [9.17, 15) is 22.7 Å². The number of rotatable bonds is 5. The van der Waals surface area contributed by atoms with Crippen LogP contribution in [0.5, 0.6) is 5.75 Å². The number of carbonyl (C=O) groups is 1. The van der Waals surface area contributed by atoms with Gasteiger partial charge in [0, 0.05) is 18.8 Å². The van der Waals surface area contributed by atoms with Gasteiger partial charge in [-0.3, -0.25) is 10.2 Å². The van der Waals surface area contributed by atoms with E-state index in [1.54, 1.807) is 17.8 Å². The minimum atomic E-state index is -4.18. The van der Waals surface area contributed by atoms with Gasteiger partial charge in [-0.05, 0) is 30.3 Å². The Morgan fingerprint density at radius 1 is 1.29 bits per heavy atom. The number of phenolic OH excluding ortho intramolecular Hbond substituents is 1.